The van der Waals surface area contributed by atoms with E-state index >= 15 is 0 Å². The van der Waals surface area contributed by atoms with Gasteiger partial charge in [-0.05, 0) is 33.6 Å². The molecule has 22 heavy (non-hydrogen) atoms. The minimum absolute atomic E-state index is 0.644. The minimum atomic E-state index is -2.50. The maximum atomic E-state index is 5.90. The molecule has 0 aromatic carbocycles. The van der Waals surface area contributed by atoms with E-state index in [0.717, 1.165) is 25.4 Å². The Morgan fingerprint density at radius 2 is 1.64 bits per heavy atom. The van der Waals surface area contributed by atoms with Crippen molar-refractivity contribution in [2.75, 3.05) is 19.8 Å². The Morgan fingerprint density at radius 1 is 1.00 bits per heavy atom. The Bertz CT molecular complexity index is 381. The van der Waals surface area contributed by atoms with Crippen LogP contribution in [-0.4, -0.2) is 33.6 Å². The second kappa shape index (κ2) is 10.9. The van der Waals surface area contributed by atoms with Crippen LogP contribution < -0.4 is 4.57 Å². The number of hydrogen-bond acceptors (Lipinski definition) is 3. The number of aryl methyl sites for hydroxylation is 2. The van der Waals surface area contributed by atoms with Gasteiger partial charge in [0.2, 0.25) is 0 Å². The molecule has 0 unspecified atom stereocenters. The summed E-state index contributed by atoms with van der Waals surface area (Å²) >= 11 is 0. The lowest BCUT2D eigenvalue weighted by Gasteiger charge is -2.28. The van der Waals surface area contributed by atoms with Gasteiger partial charge in [-0.2, -0.15) is 0 Å². The summed E-state index contributed by atoms with van der Waals surface area (Å²) in [6, 6.07) is 0.869. The van der Waals surface area contributed by atoms with Crippen molar-refractivity contribution >= 4 is 8.80 Å². The second-order valence-electron chi connectivity index (χ2n) is 5.29. The normalized spacial score (nSPS) is 12.0. The maximum absolute atomic E-state index is 5.90. The van der Waals surface area contributed by atoms with Gasteiger partial charge < -0.3 is 13.3 Å². The molecule has 0 saturated heterocycles. The number of hydrogen-bond donors (Lipinski definition) is 1. The van der Waals surface area contributed by atoms with Gasteiger partial charge in [-0.15, -0.1) is 0 Å². The molecule has 0 saturated carbocycles. The molecule has 1 aromatic heterocycles. The number of H-pyrrole nitrogens is 1. The Balaban J connectivity index is 2.56. The molecule has 1 heterocycles. The third-order valence-electron chi connectivity index (χ3n) is 3.59. The molecule has 1 N–H and O–H groups in total. The van der Waals surface area contributed by atoms with E-state index in [2.05, 4.69) is 22.7 Å². The molecule has 1 rings (SSSR count). The lowest BCUT2D eigenvalue weighted by Crippen LogP contribution is -2.47. The highest BCUT2D eigenvalue weighted by molar-refractivity contribution is 6.60. The Morgan fingerprint density at radius 3 is 2.18 bits per heavy atom. The van der Waals surface area contributed by atoms with Gasteiger partial charge in [0, 0.05) is 32.3 Å². The monoisotopic (exact) mass is 329 g/mol. The topological polar surface area (TPSA) is 47.4 Å². The summed E-state index contributed by atoms with van der Waals surface area (Å²) in [4.78, 5) is 3.34. The zero-order valence-corrected chi connectivity index (χ0v) is 15.7. The van der Waals surface area contributed by atoms with Gasteiger partial charge in [0.25, 0.3) is 5.82 Å². The number of aromatic nitrogens is 2. The first-order valence-electron chi connectivity index (χ1n) is 8.68. The summed E-state index contributed by atoms with van der Waals surface area (Å²) in [7, 11) is -2.50. The number of imidazole rings is 1. The van der Waals surface area contributed by atoms with Crippen molar-refractivity contribution in [3.63, 3.8) is 0 Å². The van der Waals surface area contributed by atoms with E-state index in [1.807, 2.05) is 27.0 Å². The highest BCUT2D eigenvalue weighted by Gasteiger charge is 2.39. The van der Waals surface area contributed by atoms with E-state index in [1.165, 1.54) is 18.7 Å². The van der Waals surface area contributed by atoms with Crippen molar-refractivity contribution in [1.82, 2.24) is 4.98 Å². The summed E-state index contributed by atoms with van der Waals surface area (Å²) in [6.45, 7) is 11.1. The van der Waals surface area contributed by atoms with Crippen molar-refractivity contribution < 1.29 is 17.8 Å². The van der Waals surface area contributed by atoms with E-state index < -0.39 is 8.80 Å². The molecule has 0 aliphatic carbocycles. The van der Waals surface area contributed by atoms with Gasteiger partial charge in [-0.1, -0.05) is 13.3 Å². The lowest BCUT2D eigenvalue weighted by atomic mass is 10.2. The Labute approximate surface area is 136 Å². The van der Waals surface area contributed by atoms with Crippen LogP contribution in [0.3, 0.4) is 0 Å². The first-order valence-corrected chi connectivity index (χ1v) is 10.6. The van der Waals surface area contributed by atoms with Gasteiger partial charge in [-0.25, -0.2) is 9.55 Å². The van der Waals surface area contributed by atoms with E-state index in [4.69, 9.17) is 13.3 Å². The number of unbranched alkanes of at least 4 members (excludes halogenated alkanes) is 1. The predicted octanol–water partition coefficient (Wildman–Crippen LogP) is 3.08. The average molecular weight is 330 g/mol. The van der Waals surface area contributed by atoms with Crippen LogP contribution in [0, 0.1) is 0 Å². The van der Waals surface area contributed by atoms with E-state index in [1.54, 1.807) is 0 Å². The fourth-order valence-electron chi connectivity index (χ4n) is 2.63. The van der Waals surface area contributed by atoms with E-state index in [9.17, 15) is 0 Å². The number of rotatable bonds is 13. The van der Waals surface area contributed by atoms with Gasteiger partial charge >= 0.3 is 8.80 Å². The summed E-state index contributed by atoms with van der Waals surface area (Å²) in [5, 5.41) is 0. The molecule has 0 atom stereocenters. The number of aromatic amines is 1. The van der Waals surface area contributed by atoms with Crippen LogP contribution in [0.2, 0.25) is 6.04 Å². The van der Waals surface area contributed by atoms with Crippen LogP contribution >= 0.6 is 0 Å². The summed E-state index contributed by atoms with van der Waals surface area (Å²) in [5.74, 6) is 1.30. The van der Waals surface area contributed by atoms with Crippen molar-refractivity contribution in [2.24, 2.45) is 0 Å². The maximum Gasteiger partial charge on any atom is 0.501 e. The van der Waals surface area contributed by atoms with Crippen molar-refractivity contribution in [3.8, 4) is 0 Å². The smallest absolute Gasteiger partial charge is 0.374 e. The van der Waals surface area contributed by atoms with Crippen LogP contribution in [0.25, 0.3) is 0 Å². The molecule has 5 nitrogen and oxygen atoms in total. The molecule has 0 bridgehead atoms. The molecule has 128 valence electrons. The average Bonchev–Trinajstić information content (AvgIpc) is 2.93. The fourth-order valence-corrected chi connectivity index (χ4v) is 5.23. The molecule has 0 amide bonds. The molecule has 1 aromatic rings. The van der Waals surface area contributed by atoms with Crippen molar-refractivity contribution in [2.45, 2.75) is 66.0 Å². The van der Waals surface area contributed by atoms with Crippen LogP contribution in [0.1, 0.15) is 52.8 Å². The zero-order valence-electron chi connectivity index (χ0n) is 14.7. The SMILES string of the molecule is CCCCc1[nH]cc[n+]1CCC[Si](OCC)(OCC)OCC. The summed E-state index contributed by atoms with van der Waals surface area (Å²) in [5.41, 5.74) is 0. The van der Waals surface area contributed by atoms with E-state index in [-0.39, 0.29) is 0 Å². The number of nitrogens with one attached hydrogen (secondary N) is 1. The Kier molecular flexibility index (Phi) is 9.62. The highest BCUT2D eigenvalue weighted by atomic mass is 28.4. The molecule has 0 spiro atoms. The van der Waals surface area contributed by atoms with Gasteiger partial charge in [-0.3, -0.25) is 0 Å². The second-order valence-corrected chi connectivity index (χ2v) is 8.02. The molecule has 0 radical (unpaired) electrons. The molecule has 0 fully saturated rings. The third-order valence-corrected chi connectivity index (χ3v) is 6.74. The minimum Gasteiger partial charge on any atom is -0.374 e. The highest BCUT2D eigenvalue weighted by Crippen LogP contribution is 2.18. The first-order chi connectivity index (χ1) is 10.7. The molecule has 6 heteroatoms. The first kappa shape index (κ1) is 19.4. The quantitative estimate of drug-likeness (QED) is 0.447. The largest absolute Gasteiger partial charge is 0.501 e. The van der Waals surface area contributed by atoms with Gasteiger partial charge in [0.05, 0.1) is 6.54 Å². The summed E-state index contributed by atoms with van der Waals surface area (Å²) in [6.07, 6.45) is 8.69. The van der Waals surface area contributed by atoms with Crippen LogP contribution in [0.4, 0.5) is 0 Å². The number of nitrogens with zero attached hydrogens (tertiary/aromatic N) is 1. The molecule has 0 aliphatic heterocycles. The van der Waals surface area contributed by atoms with Gasteiger partial charge in [0.15, 0.2) is 0 Å². The predicted molar refractivity (Wildman–Crippen MR) is 89.7 cm³/mol. The Hall–Kier alpha value is -0.693. The standard InChI is InChI=1S/C16H32N2O3Si/c1-5-9-11-16-17-12-14-18(16)13-10-15-22(19-6-2,20-7-3)21-8-4/h12,14H,5-11,13,15H2,1-4H3/p+1. The molecule has 0 aliphatic rings. The van der Waals surface area contributed by atoms with Crippen LogP contribution in [0.5, 0.6) is 0 Å². The lowest BCUT2D eigenvalue weighted by molar-refractivity contribution is -0.703. The van der Waals surface area contributed by atoms with Gasteiger partial charge in [0.1, 0.15) is 12.4 Å². The van der Waals surface area contributed by atoms with Crippen LogP contribution in [-0.2, 0) is 26.2 Å². The van der Waals surface area contributed by atoms with Crippen molar-refractivity contribution in [3.05, 3.63) is 18.2 Å². The van der Waals surface area contributed by atoms with Crippen molar-refractivity contribution in [1.29, 1.82) is 0 Å². The fraction of sp³-hybridized carbons (Fsp3) is 0.812. The van der Waals surface area contributed by atoms with E-state index in [0.29, 0.717) is 19.8 Å². The third kappa shape index (κ3) is 6.20. The molecular formula is C16H33N2O3Si+. The molecular weight excluding hydrogens is 296 g/mol. The zero-order chi connectivity index (χ0) is 16.3. The summed E-state index contributed by atoms with van der Waals surface area (Å²) < 4.78 is 20.0. The van der Waals surface area contributed by atoms with Crippen LogP contribution in [0.15, 0.2) is 12.4 Å².